The van der Waals surface area contributed by atoms with Gasteiger partial charge in [-0.15, -0.1) is 0 Å². The molecule has 810 valence electrons. The lowest BCUT2D eigenvalue weighted by Gasteiger charge is -2.34. The number of esters is 6. The highest BCUT2D eigenvalue weighted by molar-refractivity contribution is 6.07. The predicted octanol–water partition coefficient (Wildman–Crippen LogP) is 29.2. The molecular formula is C118H193ClO23. The third-order valence-corrected chi connectivity index (χ3v) is 28.5. The molecule has 0 spiro atoms. The van der Waals surface area contributed by atoms with Gasteiger partial charge in [0.05, 0.1) is 65.1 Å². The molecule has 11 fully saturated rings. The highest BCUT2D eigenvalue weighted by atomic mass is 35.5. The van der Waals surface area contributed by atoms with E-state index in [9.17, 15) is 38.4 Å². The van der Waals surface area contributed by atoms with Gasteiger partial charge in [-0.2, -0.15) is 0 Å². The van der Waals surface area contributed by atoms with Gasteiger partial charge in [-0.05, 0) is 226 Å². The van der Waals surface area contributed by atoms with Crippen molar-refractivity contribution in [2.45, 2.75) is 504 Å². The maximum Gasteiger partial charge on any atom is 0.335 e. The monoisotopic (exact) mass is 2010 g/mol. The standard InChI is InChI=1S/C18H34O3.C18H34O2.C16H28O3.C14H20O4.C12H23ClO2.C12H14O4.C10H14O.C8H8O.C6H12O.C4H6O2/c1-7-18(5,6)16(19)21-15(13-17(2,3)4)20-14-11-9-8-10-12-14;1-18(2,3)14-17(19-15-10-6-4-7-11-15)20-16-12-8-5-9-13-16;1-12(2)15(17)19-14(11-16(3,4)5)18-13-9-7-6-8-10-13;1-4-14(2,3)13(16)18-10-7-5-8-9(6-7)12(15)17-11(8)10;1-12(2,3)9-11(15-13)14-10-7-5-4-6-8-10;1-5(2)11(13)15-9-6-3-7-8(4-6)12(14)16-10(7)9;1-3-8(2)9-4-6-10(11)7-5-9;1-2-7-3-5-8(9)6-4-7;1-6(2,3)4-5-7;1-3(2)4(5)6/h14-15H,7-13H2,1-6H3;15-17H,4-14H2,1-3H3;13-14H,1,6-11H2,2-5H3;7-11H,4-6H2,1-3H3;10-11H,4-9H2,1-3H3;6-10H,1,3-4H2,2H3;4-8,11H,3H2,1-2H3;2-6,9H,1H2;5H,4H2,1-3H3;1H2,2H3,(H,5,6). The Morgan fingerprint density at radius 1 is 0.430 bits per heavy atom. The molecule has 2 heterocycles. The van der Waals surface area contributed by atoms with E-state index in [2.05, 4.69) is 123 Å². The second-order valence-electron chi connectivity index (χ2n) is 49.0. The number of benzene rings is 2. The van der Waals surface area contributed by atoms with Gasteiger partial charge in [-0.3, -0.25) is 19.2 Å². The molecule has 2 aromatic carbocycles. The third-order valence-electron chi connectivity index (χ3n) is 28.3. The first-order valence-electron chi connectivity index (χ1n) is 53.9. The van der Waals surface area contributed by atoms with E-state index in [1.165, 1.54) is 134 Å². The van der Waals surface area contributed by atoms with Crippen molar-refractivity contribution in [2.75, 3.05) is 0 Å². The summed E-state index contributed by atoms with van der Waals surface area (Å²) in [5, 5.41) is 25.7. The molecule has 0 radical (unpaired) electrons. The van der Waals surface area contributed by atoms with Crippen LogP contribution in [-0.4, -0.2) is 143 Å². The summed E-state index contributed by atoms with van der Waals surface area (Å²) in [5.74, 6) is 0.409. The molecule has 0 amide bonds. The molecule has 2 aromatic rings. The van der Waals surface area contributed by atoms with E-state index in [4.69, 9.17) is 83.6 Å². The van der Waals surface area contributed by atoms with Gasteiger partial charge >= 0.3 is 41.8 Å². The Kier molecular flexibility index (Phi) is 55.3. The van der Waals surface area contributed by atoms with Crippen molar-refractivity contribution in [2.24, 2.45) is 73.4 Å². The van der Waals surface area contributed by atoms with Crippen molar-refractivity contribution < 1.29 is 110 Å². The molecule has 0 aromatic heterocycles. The number of fused-ring (bicyclic) bond motifs is 2. The summed E-state index contributed by atoms with van der Waals surface area (Å²) < 4.78 is 68.4. The van der Waals surface area contributed by atoms with Crippen molar-refractivity contribution in [3.63, 3.8) is 0 Å². The number of aromatic hydroxyl groups is 2. The lowest BCUT2D eigenvalue weighted by Crippen LogP contribution is -2.39. The summed E-state index contributed by atoms with van der Waals surface area (Å²) in [6, 6.07) is 14.3. The average molecular weight is 2020 g/mol. The molecule has 9 aliphatic carbocycles. The van der Waals surface area contributed by atoms with E-state index in [1.807, 2.05) is 86.6 Å². The van der Waals surface area contributed by atoms with E-state index in [1.54, 1.807) is 44.2 Å². The van der Waals surface area contributed by atoms with Crippen LogP contribution in [0.2, 0.25) is 0 Å². The second kappa shape index (κ2) is 61.7. The maximum atomic E-state index is 12.3. The Morgan fingerprint density at radius 3 is 1.04 bits per heavy atom. The summed E-state index contributed by atoms with van der Waals surface area (Å²) in [7, 11) is 0. The van der Waals surface area contributed by atoms with Crippen molar-refractivity contribution in [3.05, 3.63) is 103 Å². The van der Waals surface area contributed by atoms with E-state index >= 15 is 0 Å². The SMILES string of the molecule is C=C(C)C(=O)O.C=C(C)C(=O)OC(CC(C)(C)C)OC1CCCCC1.C=C(C)C(=O)OC1C2CC3C(=O)OC1C3C2.C=Cc1ccc(O)cc1.CC(C)(C)CC(OC1CCCCC1)OC1CCCCC1.CC(C)(C)CC(OCl)OC1CCCCC1.CC(C)(C)CC=O.CCC(C)(C)C(=O)OC(CC(C)(C)C)OC1CCCCC1.CCC(C)(C)C(=O)OC1C2CC3C(=O)OC1C3C2.CCC(C)c1ccc(O)cc1. The Hall–Kier alpha value is -6.99. The lowest BCUT2D eigenvalue weighted by atomic mass is 9.87. The van der Waals surface area contributed by atoms with Crippen LogP contribution in [0.15, 0.2) is 91.6 Å². The van der Waals surface area contributed by atoms with Gasteiger partial charge < -0.3 is 72.2 Å². The quantitative estimate of drug-likeness (QED) is 0.0215. The summed E-state index contributed by atoms with van der Waals surface area (Å²) in [4.78, 5) is 90.1. The Morgan fingerprint density at radius 2 is 0.739 bits per heavy atom. The van der Waals surface area contributed by atoms with Crippen molar-refractivity contribution >= 4 is 66.0 Å². The summed E-state index contributed by atoms with van der Waals surface area (Å²) in [5.41, 5.74) is 3.20. The minimum Gasteiger partial charge on any atom is -0.508 e. The maximum absolute atomic E-state index is 12.3. The van der Waals surface area contributed by atoms with E-state index < -0.39 is 29.4 Å². The fourth-order valence-corrected chi connectivity index (χ4v) is 19.0. The van der Waals surface area contributed by atoms with Crippen LogP contribution in [0, 0.1) is 73.4 Å². The minimum absolute atomic E-state index is 0.0150. The largest absolute Gasteiger partial charge is 0.508 e. The van der Waals surface area contributed by atoms with Gasteiger partial charge in [0.25, 0.3) is 0 Å². The molecule has 13 rings (SSSR count). The number of carbonyl (C=O) groups is 8. The van der Waals surface area contributed by atoms with Crippen LogP contribution in [0.25, 0.3) is 6.08 Å². The predicted molar refractivity (Wildman–Crippen MR) is 565 cm³/mol. The molecule has 14 unspecified atom stereocenters. The molecule has 142 heavy (non-hydrogen) atoms. The Balaban J connectivity index is 0.000000335. The smallest absolute Gasteiger partial charge is 0.335 e. The first kappa shape index (κ1) is 127. The third kappa shape index (κ3) is 49.2. The molecule has 2 aliphatic heterocycles. The van der Waals surface area contributed by atoms with Crippen LogP contribution in [0.1, 0.15) is 435 Å². The minimum atomic E-state index is -0.935. The molecule has 4 bridgehead atoms. The number of rotatable bonds is 30. The summed E-state index contributed by atoms with van der Waals surface area (Å²) in [6.45, 7) is 67.0. The van der Waals surface area contributed by atoms with Crippen LogP contribution >= 0.6 is 11.9 Å². The van der Waals surface area contributed by atoms with Gasteiger partial charge in [-0.25, -0.2) is 18.7 Å². The van der Waals surface area contributed by atoms with Crippen LogP contribution in [0.5, 0.6) is 11.5 Å². The zero-order valence-electron chi connectivity index (χ0n) is 92.7. The van der Waals surface area contributed by atoms with Crippen molar-refractivity contribution in [3.8, 4) is 11.5 Å². The highest BCUT2D eigenvalue weighted by Crippen LogP contribution is 2.57. The van der Waals surface area contributed by atoms with Gasteiger partial charge in [0.2, 0.25) is 12.6 Å². The van der Waals surface area contributed by atoms with E-state index in [0.29, 0.717) is 77.5 Å². The molecular weight excluding hydrogens is 1820 g/mol. The van der Waals surface area contributed by atoms with Gasteiger partial charge in [0.15, 0.2) is 12.6 Å². The number of phenolic OH excluding ortho intramolecular Hbond substituents is 2. The number of aldehydes is 1. The fourth-order valence-electron chi connectivity index (χ4n) is 18.9. The van der Waals surface area contributed by atoms with Crippen LogP contribution in [0.4, 0.5) is 0 Å². The number of carboxylic acids is 1. The van der Waals surface area contributed by atoms with Gasteiger partial charge in [0, 0.05) is 72.5 Å². The zero-order chi connectivity index (χ0) is 107. The highest BCUT2D eigenvalue weighted by Gasteiger charge is 2.65. The van der Waals surface area contributed by atoms with Crippen LogP contribution < -0.4 is 0 Å². The van der Waals surface area contributed by atoms with Crippen LogP contribution in [-0.2, 0) is 94.8 Å². The molecule has 3 N–H and O–H groups in total. The molecule has 24 heteroatoms. The Labute approximate surface area is 862 Å². The molecule has 23 nitrogen and oxygen atoms in total. The van der Waals surface area contributed by atoms with Gasteiger partial charge in [-0.1, -0.05) is 285 Å². The Bertz CT molecular complexity index is 4050. The lowest BCUT2D eigenvalue weighted by molar-refractivity contribution is -0.215. The van der Waals surface area contributed by atoms with E-state index in [0.717, 1.165) is 115 Å². The first-order valence-corrected chi connectivity index (χ1v) is 54.2. The summed E-state index contributed by atoms with van der Waals surface area (Å²) in [6.07, 6.45) is 43.7. The molecule has 11 aliphatic rings. The average Bonchev–Trinajstić information content (AvgIpc) is 1.58. The first-order chi connectivity index (χ1) is 66.2. The topological polar surface area (TPSA) is 308 Å². The summed E-state index contributed by atoms with van der Waals surface area (Å²) >= 11 is 5.47. The molecule has 9 saturated carbocycles. The number of hydrogen-bond acceptors (Lipinski definition) is 22. The number of hydrogen-bond donors (Lipinski definition) is 3. The molecule has 2 saturated heterocycles. The number of ether oxygens (including phenoxy) is 11. The number of carboxylic acid groups (broad SMARTS) is 1. The van der Waals surface area contributed by atoms with Crippen molar-refractivity contribution in [1.29, 1.82) is 0 Å². The number of carbonyl (C=O) groups excluding carboxylic acids is 7. The fraction of sp³-hybridized carbons (Fsp3) is 0.763. The normalized spacial score (nSPS) is 23.5. The number of aliphatic carboxylic acids is 1. The number of phenols is 2. The van der Waals surface area contributed by atoms with Crippen LogP contribution in [0.3, 0.4) is 0 Å². The zero-order valence-corrected chi connectivity index (χ0v) is 93.5. The van der Waals surface area contributed by atoms with E-state index in [-0.39, 0.29) is 135 Å². The van der Waals surface area contributed by atoms with Gasteiger partial charge in [0.1, 0.15) is 42.2 Å². The van der Waals surface area contributed by atoms with Crippen molar-refractivity contribution in [1.82, 2.24) is 0 Å². The molecule has 14 atom stereocenters. The number of halogens is 1. The second-order valence-corrected chi connectivity index (χ2v) is 49.1.